The minimum absolute atomic E-state index is 0. The maximum Gasteiger partial charge on any atom is -0.0590 e. The van der Waals surface area contributed by atoms with Gasteiger partial charge in [0.1, 0.15) is 0 Å². The molecule has 0 heterocycles. The molecule has 0 radical (unpaired) electrons. The van der Waals surface area contributed by atoms with Crippen molar-refractivity contribution in [2.24, 2.45) is 0 Å². The summed E-state index contributed by atoms with van der Waals surface area (Å²) in [6, 6.07) is 0. The lowest BCUT2D eigenvalue weighted by Crippen LogP contribution is -1.27. The zero-order valence-electron chi connectivity index (χ0n) is 10.7. The first kappa shape index (κ1) is 144. The normalized spacial score (nSPS) is 2.33. The van der Waals surface area contributed by atoms with Gasteiger partial charge in [0, 0.05) is 0 Å². The Kier molecular flexibility index (Phi) is 34900. The van der Waals surface area contributed by atoms with Crippen molar-refractivity contribution in [3.05, 3.63) is 0 Å². The average molecular weight is 277 g/mol. The molecule has 0 bridgehead atoms. The second-order valence-electron chi connectivity index (χ2n) is 0.707. The monoisotopic (exact) mass is 276 g/mol. The van der Waals surface area contributed by atoms with Crippen LogP contribution >= 0.6 is 0 Å². The van der Waals surface area contributed by atoms with Gasteiger partial charge in [-0.05, 0) is 0 Å². The predicted molar refractivity (Wildman–Crippen MR) is 108 cm³/mol. The molecule has 0 heteroatoms. The van der Waals surface area contributed by atoms with Crippen molar-refractivity contribution in [2.45, 2.75) is 128 Å². The van der Waals surface area contributed by atoms with Crippen molar-refractivity contribution in [1.82, 2.24) is 0 Å². The molecule has 0 aliphatic heterocycles. The highest BCUT2D eigenvalue weighted by Gasteiger charge is 1.35. The van der Waals surface area contributed by atoms with Crippen LogP contribution in [0.2, 0.25) is 0 Å². The molecule has 0 amide bonds. The molecular weight excluding hydrogens is 216 g/mol. The van der Waals surface area contributed by atoms with E-state index in [9.17, 15) is 0 Å². The summed E-state index contributed by atoms with van der Waals surface area (Å²) >= 11 is 0. The van der Waals surface area contributed by atoms with E-state index in [4.69, 9.17) is 0 Å². The highest BCUT2D eigenvalue weighted by molar-refractivity contribution is 3.92. The van der Waals surface area contributed by atoms with Gasteiger partial charge in [-0.3, -0.25) is 0 Å². The van der Waals surface area contributed by atoms with Gasteiger partial charge in [-0.25, -0.2) is 0 Å². The Labute approximate surface area is 128 Å². The molecule has 0 aromatic rings. The van der Waals surface area contributed by atoms with Gasteiger partial charge in [0.2, 0.25) is 0 Å². The van der Waals surface area contributed by atoms with Gasteiger partial charge in [0.05, 0.1) is 0 Å². The molecule has 0 fully saturated rings. The fourth-order valence-corrected chi connectivity index (χ4v) is 0. The minimum Gasteiger partial charge on any atom is -0.0776 e. The van der Waals surface area contributed by atoms with Crippen LogP contribution in [-0.2, 0) is 0 Å². The highest BCUT2D eigenvalue weighted by Crippen LogP contribution is 1.56. The molecule has 132 valence electrons. The first-order valence-electron chi connectivity index (χ1n) is 5.41. The Balaban J connectivity index is -0.00000000230. The smallest absolute Gasteiger partial charge is 0.0590 e. The van der Waals surface area contributed by atoms with E-state index in [0.29, 0.717) is 0 Å². The van der Waals surface area contributed by atoms with Crippen molar-refractivity contribution < 1.29 is 0 Å². The Morgan fingerprint density at radius 2 is 0.333 bits per heavy atom. The summed E-state index contributed by atoms with van der Waals surface area (Å²) in [7, 11) is 0. The summed E-state index contributed by atoms with van der Waals surface area (Å²) in [4.78, 5) is 0. The maximum absolute atomic E-state index is 2.12. The van der Waals surface area contributed by atoms with Gasteiger partial charge in [0.25, 0.3) is 0 Å². The van der Waals surface area contributed by atoms with Crippen molar-refractivity contribution in [3.63, 3.8) is 0 Å². The fraction of sp³-hybridized carbons (Fsp3) is 1.00. The van der Waals surface area contributed by atoms with Gasteiger partial charge in [0.15, 0.2) is 0 Å². The van der Waals surface area contributed by atoms with Crippen LogP contribution < -0.4 is 0 Å². The van der Waals surface area contributed by atoms with E-state index in [0.717, 1.165) is 0 Å². The standard InChI is InChI=1S/C3H8.4C2H6.7CH4/c1-3-2;4*1-2;;;;;;;/h3H2,1-2H3;4*1-2H3;7*1H4. The van der Waals surface area contributed by atoms with Crippen LogP contribution in [0, 0.1) is 0 Å². The third-order valence-corrected chi connectivity index (χ3v) is 0. The molecule has 0 aliphatic rings. The quantitative estimate of drug-likeness (QED) is 0.413. The zero-order chi connectivity index (χ0) is 10.7. The van der Waals surface area contributed by atoms with Crippen LogP contribution in [0.1, 0.15) is 128 Å². The molecule has 0 aliphatic carbocycles. The topological polar surface area (TPSA) is 0 Å². The van der Waals surface area contributed by atoms with Crippen molar-refractivity contribution in [1.29, 1.82) is 0 Å². The van der Waals surface area contributed by atoms with E-state index in [-0.39, 0.29) is 52.0 Å². The number of hydrogen-bond acceptors (Lipinski definition) is 0. The van der Waals surface area contributed by atoms with Crippen molar-refractivity contribution in [2.75, 3.05) is 0 Å². The Bertz CT molecular complexity index is 0. The van der Waals surface area contributed by atoms with Gasteiger partial charge in [-0.1, -0.05) is 128 Å². The summed E-state index contributed by atoms with van der Waals surface area (Å²) < 4.78 is 0. The summed E-state index contributed by atoms with van der Waals surface area (Å²) in [5.41, 5.74) is 0. The van der Waals surface area contributed by atoms with E-state index in [1.54, 1.807) is 0 Å². The molecule has 0 spiro atoms. The molecule has 0 atom stereocenters. The first-order valence-corrected chi connectivity index (χ1v) is 5.41. The van der Waals surface area contributed by atoms with Crippen molar-refractivity contribution >= 4 is 0 Å². The summed E-state index contributed by atoms with van der Waals surface area (Å²) in [5, 5.41) is 0. The number of hydrogen-bond donors (Lipinski definition) is 0. The molecular formula is C18H60. The molecule has 0 rings (SSSR count). The Morgan fingerprint density at radius 3 is 0.333 bits per heavy atom. The van der Waals surface area contributed by atoms with Crippen LogP contribution in [0.15, 0.2) is 0 Å². The maximum atomic E-state index is 2.12. The SMILES string of the molecule is C.C.C.C.C.C.C.CC.CC.CC.CC.CCC. The Morgan fingerprint density at radius 1 is 0.333 bits per heavy atom. The van der Waals surface area contributed by atoms with E-state index in [2.05, 4.69) is 13.8 Å². The van der Waals surface area contributed by atoms with Crippen molar-refractivity contribution in [3.8, 4) is 0 Å². The van der Waals surface area contributed by atoms with E-state index < -0.39 is 0 Å². The minimum atomic E-state index is 0. The zero-order valence-corrected chi connectivity index (χ0v) is 10.7. The molecule has 0 nitrogen and oxygen atoms in total. The third kappa shape index (κ3) is 0. The third-order valence-electron chi connectivity index (χ3n) is 0. The van der Waals surface area contributed by atoms with Crippen LogP contribution in [0.5, 0.6) is 0 Å². The lowest BCUT2D eigenvalue weighted by atomic mass is 10.6. The lowest BCUT2D eigenvalue weighted by Gasteiger charge is -1.48. The van der Waals surface area contributed by atoms with Crippen LogP contribution in [0.25, 0.3) is 0 Å². The first-order chi connectivity index (χ1) is 5.41. The average Bonchev–Trinajstić information content (AvgIpc) is 2.18. The Hall–Kier alpha value is 0. The van der Waals surface area contributed by atoms with Crippen LogP contribution in [0.4, 0.5) is 0 Å². The molecule has 18 heavy (non-hydrogen) atoms. The summed E-state index contributed by atoms with van der Waals surface area (Å²) in [6.07, 6.45) is 1.25. The van der Waals surface area contributed by atoms with Gasteiger partial charge >= 0.3 is 0 Å². The lowest BCUT2D eigenvalue weighted by molar-refractivity contribution is 1.09. The summed E-state index contributed by atoms with van der Waals surface area (Å²) in [6.45, 7) is 20.2. The van der Waals surface area contributed by atoms with E-state index in [1.807, 2.05) is 55.4 Å². The van der Waals surface area contributed by atoms with Crippen LogP contribution in [-0.4, -0.2) is 0 Å². The molecule has 0 saturated carbocycles. The molecule has 0 N–H and O–H groups in total. The van der Waals surface area contributed by atoms with E-state index in [1.165, 1.54) is 6.42 Å². The second-order valence-corrected chi connectivity index (χ2v) is 0.707. The molecule has 0 saturated heterocycles. The molecule has 0 aromatic heterocycles. The highest BCUT2D eigenvalue weighted by atomic mass is 13.4. The second kappa shape index (κ2) is 4350. The van der Waals surface area contributed by atoms with E-state index >= 15 is 0 Å². The summed E-state index contributed by atoms with van der Waals surface area (Å²) in [5.74, 6) is 0. The fourth-order valence-electron chi connectivity index (χ4n) is 0. The predicted octanol–water partition coefficient (Wildman–Crippen LogP) is 9.97. The largest absolute Gasteiger partial charge is 0.0776 e. The van der Waals surface area contributed by atoms with Gasteiger partial charge in [-0.2, -0.15) is 0 Å². The molecule has 0 aromatic carbocycles. The van der Waals surface area contributed by atoms with Gasteiger partial charge < -0.3 is 0 Å². The molecule has 0 unspecified atom stereocenters. The van der Waals surface area contributed by atoms with Crippen LogP contribution in [0.3, 0.4) is 0 Å². The van der Waals surface area contributed by atoms with Gasteiger partial charge in [-0.15, -0.1) is 0 Å². The number of rotatable bonds is 0.